The number of carbonyl (C=O) groups excluding carboxylic acids is 1. The van der Waals surface area contributed by atoms with Crippen LogP contribution >= 0.6 is 11.3 Å². The first kappa shape index (κ1) is 12.9. The van der Waals surface area contributed by atoms with Gasteiger partial charge in [-0.1, -0.05) is 25.2 Å². The van der Waals surface area contributed by atoms with Gasteiger partial charge >= 0.3 is 0 Å². The number of nitrogens with one attached hydrogen (secondary N) is 2. The summed E-state index contributed by atoms with van der Waals surface area (Å²) in [6.07, 6.45) is 1.01. The predicted octanol–water partition coefficient (Wildman–Crippen LogP) is 0.931. The van der Waals surface area contributed by atoms with Crippen LogP contribution in [0.2, 0.25) is 0 Å². The highest BCUT2D eigenvalue weighted by atomic mass is 32.1. The van der Waals surface area contributed by atoms with E-state index in [9.17, 15) is 9.90 Å². The molecule has 0 bridgehead atoms. The van der Waals surface area contributed by atoms with E-state index in [2.05, 4.69) is 15.6 Å². The van der Waals surface area contributed by atoms with E-state index >= 15 is 0 Å². The Labute approximate surface area is 98.9 Å². The van der Waals surface area contributed by atoms with Crippen molar-refractivity contribution in [3.63, 3.8) is 0 Å². The van der Waals surface area contributed by atoms with E-state index in [1.165, 1.54) is 17.5 Å². The van der Waals surface area contributed by atoms with Crippen LogP contribution in [0.4, 0.5) is 5.13 Å². The number of amides is 1. The van der Waals surface area contributed by atoms with Gasteiger partial charge in [-0.2, -0.15) is 0 Å². The molecule has 0 aliphatic heterocycles. The van der Waals surface area contributed by atoms with E-state index in [-0.39, 0.29) is 18.4 Å². The molecule has 6 heteroatoms. The quantitative estimate of drug-likeness (QED) is 0.719. The number of hydrogen-bond donors (Lipinski definition) is 3. The fourth-order valence-corrected chi connectivity index (χ4v) is 1.70. The van der Waals surface area contributed by atoms with Crippen LogP contribution in [-0.2, 0) is 0 Å². The highest BCUT2D eigenvalue weighted by Crippen LogP contribution is 2.16. The predicted molar refractivity (Wildman–Crippen MR) is 64.8 cm³/mol. The van der Waals surface area contributed by atoms with Gasteiger partial charge in [0.2, 0.25) is 0 Å². The first-order valence-electron chi connectivity index (χ1n) is 5.14. The third kappa shape index (κ3) is 3.46. The molecule has 1 unspecified atom stereocenters. The van der Waals surface area contributed by atoms with E-state index in [0.717, 1.165) is 0 Å². The van der Waals surface area contributed by atoms with E-state index in [0.29, 0.717) is 10.0 Å². The molecule has 0 aromatic carbocycles. The number of anilines is 1. The Kier molecular flexibility index (Phi) is 4.70. The van der Waals surface area contributed by atoms with Gasteiger partial charge in [0.1, 0.15) is 4.88 Å². The zero-order valence-electron chi connectivity index (χ0n) is 9.65. The van der Waals surface area contributed by atoms with Gasteiger partial charge in [-0.3, -0.25) is 4.79 Å². The lowest BCUT2D eigenvalue weighted by molar-refractivity contribution is 0.0875. The molecule has 3 N–H and O–H groups in total. The largest absolute Gasteiger partial charge is 0.391 e. The van der Waals surface area contributed by atoms with Crippen LogP contribution < -0.4 is 10.6 Å². The summed E-state index contributed by atoms with van der Waals surface area (Å²) in [6.45, 7) is 4.08. The van der Waals surface area contributed by atoms with Crippen LogP contribution in [0.3, 0.4) is 0 Å². The smallest absolute Gasteiger partial charge is 0.263 e. The molecule has 1 atom stereocenters. The third-order valence-electron chi connectivity index (χ3n) is 2.18. The van der Waals surface area contributed by atoms with Gasteiger partial charge in [-0.15, -0.1) is 0 Å². The maximum atomic E-state index is 11.6. The minimum atomic E-state index is -0.513. The number of aromatic nitrogens is 1. The van der Waals surface area contributed by atoms with Gasteiger partial charge < -0.3 is 15.7 Å². The van der Waals surface area contributed by atoms with Crippen molar-refractivity contribution in [3.05, 3.63) is 11.1 Å². The van der Waals surface area contributed by atoms with Crippen molar-refractivity contribution < 1.29 is 9.90 Å². The Morgan fingerprint density at radius 2 is 2.31 bits per heavy atom. The number of thiazole rings is 1. The first-order valence-corrected chi connectivity index (χ1v) is 5.96. The van der Waals surface area contributed by atoms with E-state index < -0.39 is 6.10 Å². The molecule has 0 radical (unpaired) electrons. The number of nitrogens with zero attached hydrogens (tertiary/aromatic N) is 1. The third-order valence-corrected chi connectivity index (χ3v) is 3.20. The van der Waals surface area contributed by atoms with Gasteiger partial charge in [0, 0.05) is 13.6 Å². The van der Waals surface area contributed by atoms with Crippen LogP contribution in [0.25, 0.3) is 0 Å². The van der Waals surface area contributed by atoms with Crippen molar-refractivity contribution in [2.45, 2.75) is 20.0 Å². The molecule has 0 saturated carbocycles. The second-order valence-corrected chi connectivity index (χ2v) is 4.83. The molecular weight excluding hydrogens is 226 g/mol. The molecule has 1 aromatic heterocycles. The van der Waals surface area contributed by atoms with E-state index in [1.54, 1.807) is 7.05 Å². The molecule has 1 aromatic rings. The van der Waals surface area contributed by atoms with Crippen molar-refractivity contribution >= 4 is 22.4 Å². The average molecular weight is 243 g/mol. The molecule has 5 nitrogen and oxygen atoms in total. The number of carbonyl (C=O) groups is 1. The Hall–Kier alpha value is -1.14. The second kappa shape index (κ2) is 5.81. The van der Waals surface area contributed by atoms with Crippen molar-refractivity contribution in [1.29, 1.82) is 0 Å². The molecule has 1 rings (SSSR count). The van der Waals surface area contributed by atoms with Crippen LogP contribution in [0.5, 0.6) is 0 Å². The van der Waals surface area contributed by atoms with Gasteiger partial charge in [-0.05, 0) is 5.92 Å². The van der Waals surface area contributed by atoms with Crippen molar-refractivity contribution in [2.75, 3.05) is 18.9 Å². The van der Waals surface area contributed by atoms with Crippen LogP contribution in [0.1, 0.15) is 23.5 Å². The normalized spacial score (nSPS) is 12.6. The Morgan fingerprint density at radius 1 is 1.62 bits per heavy atom. The van der Waals surface area contributed by atoms with Crippen LogP contribution in [0, 0.1) is 5.92 Å². The minimum Gasteiger partial charge on any atom is -0.391 e. The molecular formula is C10H17N3O2S. The second-order valence-electron chi connectivity index (χ2n) is 3.80. The summed E-state index contributed by atoms with van der Waals surface area (Å²) < 4.78 is 0. The summed E-state index contributed by atoms with van der Waals surface area (Å²) in [5, 5.41) is 15.8. The van der Waals surface area contributed by atoms with Crippen molar-refractivity contribution in [3.8, 4) is 0 Å². The monoisotopic (exact) mass is 243 g/mol. The average Bonchev–Trinajstić information content (AvgIpc) is 2.73. The molecule has 0 saturated heterocycles. The fourth-order valence-electron chi connectivity index (χ4n) is 1.01. The van der Waals surface area contributed by atoms with Crippen molar-refractivity contribution in [2.24, 2.45) is 5.92 Å². The van der Waals surface area contributed by atoms with Gasteiger partial charge in [-0.25, -0.2) is 4.98 Å². The van der Waals surface area contributed by atoms with Crippen molar-refractivity contribution in [1.82, 2.24) is 10.3 Å². The van der Waals surface area contributed by atoms with Gasteiger partial charge in [0.05, 0.1) is 12.3 Å². The molecule has 0 aliphatic carbocycles. The number of aliphatic hydroxyl groups excluding tert-OH is 1. The maximum Gasteiger partial charge on any atom is 0.263 e. The molecule has 0 aliphatic rings. The number of aliphatic hydroxyl groups is 1. The van der Waals surface area contributed by atoms with Crippen LogP contribution in [-0.4, -0.2) is 35.7 Å². The molecule has 16 heavy (non-hydrogen) atoms. The topological polar surface area (TPSA) is 74.2 Å². The lowest BCUT2D eigenvalue weighted by Crippen LogP contribution is -2.34. The molecule has 0 spiro atoms. The summed E-state index contributed by atoms with van der Waals surface area (Å²) in [5.74, 6) is -0.0617. The molecule has 90 valence electrons. The van der Waals surface area contributed by atoms with E-state index in [4.69, 9.17) is 0 Å². The zero-order valence-corrected chi connectivity index (χ0v) is 10.5. The highest BCUT2D eigenvalue weighted by Gasteiger charge is 2.13. The van der Waals surface area contributed by atoms with Gasteiger partial charge in [0.15, 0.2) is 5.13 Å². The fraction of sp³-hybridized carbons (Fsp3) is 0.600. The summed E-state index contributed by atoms with van der Waals surface area (Å²) in [7, 11) is 1.75. The Bertz CT molecular complexity index is 352. The SMILES string of the molecule is CNc1ncc(C(=O)NCC(O)C(C)C)s1. The summed E-state index contributed by atoms with van der Waals surface area (Å²) >= 11 is 1.29. The standard InChI is InChI=1S/C10H17N3O2S/c1-6(2)7(14)4-12-9(15)8-5-13-10(11-3)16-8/h5-7,14H,4H2,1-3H3,(H,11,13)(H,12,15). The summed E-state index contributed by atoms with van der Waals surface area (Å²) in [6, 6.07) is 0. The lowest BCUT2D eigenvalue weighted by atomic mass is 10.1. The Morgan fingerprint density at radius 3 is 2.81 bits per heavy atom. The Balaban J connectivity index is 2.46. The zero-order chi connectivity index (χ0) is 12.1. The maximum absolute atomic E-state index is 11.6. The first-order chi connectivity index (χ1) is 7.54. The van der Waals surface area contributed by atoms with Gasteiger partial charge in [0.25, 0.3) is 5.91 Å². The molecule has 1 amide bonds. The summed E-state index contributed by atoms with van der Waals surface area (Å²) in [5.41, 5.74) is 0. The summed E-state index contributed by atoms with van der Waals surface area (Å²) in [4.78, 5) is 16.2. The number of hydrogen-bond acceptors (Lipinski definition) is 5. The van der Waals surface area contributed by atoms with Crippen LogP contribution in [0.15, 0.2) is 6.20 Å². The van der Waals surface area contributed by atoms with E-state index in [1.807, 2.05) is 13.8 Å². The number of rotatable bonds is 5. The lowest BCUT2D eigenvalue weighted by Gasteiger charge is -2.14. The molecule has 0 fully saturated rings. The molecule has 1 heterocycles. The minimum absolute atomic E-state index is 0.134. The highest BCUT2D eigenvalue weighted by molar-refractivity contribution is 7.17.